The Morgan fingerprint density at radius 1 is 1.07 bits per heavy atom. The zero-order valence-electron chi connectivity index (χ0n) is 16.9. The molecular weight excluding hydrogens is 364 g/mol. The molecule has 0 bridgehead atoms. The van der Waals surface area contributed by atoms with Crippen molar-refractivity contribution in [1.29, 1.82) is 0 Å². The highest BCUT2D eigenvalue weighted by Crippen LogP contribution is 2.50. The molecule has 2 amide bonds. The monoisotopic (exact) mass is 392 g/mol. The second kappa shape index (κ2) is 8.37. The number of methoxy groups -OCH3 is 1. The van der Waals surface area contributed by atoms with E-state index in [1.165, 1.54) is 0 Å². The number of hydrogen-bond donors (Lipinski definition) is 1. The summed E-state index contributed by atoms with van der Waals surface area (Å²) >= 11 is 0. The van der Waals surface area contributed by atoms with Gasteiger partial charge in [-0.05, 0) is 36.6 Å². The third-order valence-electron chi connectivity index (χ3n) is 6.29. The summed E-state index contributed by atoms with van der Waals surface area (Å²) in [7, 11) is 1.63. The molecule has 1 aliphatic heterocycles. The molecule has 0 unspecified atom stereocenters. The number of anilines is 1. The van der Waals surface area contributed by atoms with E-state index >= 15 is 0 Å². The van der Waals surface area contributed by atoms with E-state index in [1.807, 2.05) is 59.5 Å². The van der Waals surface area contributed by atoms with Gasteiger partial charge in [0, 0.05) is 24.9 Å². The Morgan fingerprint density at radius 2 is 1.76 bits per heavy atom. The molecule has 4 rings (SSSR count). The molecule has 0 radical (unpaired) electrons. The maximum absolute atomic E-state index is 13.7. The first-order chi connectivity index (χ1) is 14.2. The van der Waals surface area contributed by atoms with Gasteiger partial charge in [-0.2, -0.15) is 0 Å². The van der Waals surface area contributed by atoms with Gasteiger partial charge >= 0.3 is 0 Å². The van der Waals surface area contributed by atoms with Gasteiger partial charge in [-0.15, -0.1) is 0 Å². The van der Waals surface area contributed by atoms with E-state index in [-0.39, 0.29) is 11.8 Å². The first-order valence-electron chi connectivity index (χ1n) is 10.4. The van der Waals surface area contributed by atoms with Gasteiger partial charge in [0.25, 0.3) is 5.91 Å². The fourth-order valence-electron chi connectivity index (χ4n) is 5.08. The Morgan fingerprint density at radius 3 is 2.48 bits per heavy atom. The normalized spacial score (nSPS) is 20.4. The van der Waals surface area contributed by atoms with Crippen molar-refractivity contribution in [1.82, 2.24) is 5.32 Å². The smallest absolute Gasteiger partial charge is 0.259 e. The summed E-state index contributed by atoms with van der Waals surface area (Å²) in [6, 6.07) is 17.4. The average molecular weight is 392 g/mol. The number of carbonyl (C=O) groups is 2. The molecule has 2 aliphatic rings. The molecule has 1 spiro atoms. The number of ether oxygens (including phenoxy) is 1. The van der Waals surface area contributed by atoms with Gasteiger partial charge in [0.05, 0.1) is 18.1 Å². The number of carbonyl (C=O) groups excluding carboxylic acids is 2. The number of para-hydroxylation sites is 1. The van der Waals surface area contributed by atoms with E-state index in [9.17, 15) is 9.59 Å². The van der Waals surface area contributed by atoms with Crippen molar-refractivity contribution in [2.45, 2.75) is 43.6 Å². The van der Waals surface area contributed by atoms with Gasteiger partial charge in [0.2, 0.25) is 5.91 Å². The number of rotatable bonds is 5. The van der Waals surface area contributed by atoms with E-state index in [4.69, 9.17) is 4.74 Å². The highest BCUT2D eigenvalue weighted by Gasteiger charge is 2.55. The summed E-state index contributed by atoms with van der Waals surface area (Å²) in [6.45, 7) is 0.928. The van der Waals surface area contributed by atoms with Crippen LogP contribution in [0, 0.1) is 0 Å². The Bertz CT molecular complexity index is 875. The Hall–Kier alpha value is -2.66. The lowest BCUT2D eigenvalue weighted by Gasteiger charge is -2.53. The van der Waals surface area contributed by atoms with Crippen LogP contribution in [0.1, 0.15) is 53.9 Å². The number of nitrogens with zero attached hydrogens (tertiary/aromatic N) is 1. The number of nitrogens with one attached hydrogen (secondary N) is 1. The van der Waals surface area contributed by atoms with Gasteiger partial charge in [0.1, 0.15) is 0 Å². The molecule has 2 aromatic rings. The third-order valence-corrected chi connectivity index (χ3v) is 6.29. The second-order valence-electron chi connectivity index (χ2n) is 7.94. The second-order valence-corrected chi connectivity index (χ2v) is 7.94. The van der Waals surface area contributed by atoms with Crippen molar-refractivity contribution in [3.8, 4) is 0 Å². The van der Waals surface area contributed by atoms with Crippen LogP contribution in [0.2, 0.25) is 0 Å². The molecule has 1 heterocycles. The molecule has 0 aromatic heterocycles. The van der Waals surface area contributed by atoms with Crippen LogP contribution in [0.3, 0.4) is 0 Å². The topological polar surface area (TPSA) is 58.6 Å². The zero-order chi connectivity index (χ0) is 20.3. The lowest BCUT2D eigenvalue weighted by Crippen LogP contribution is -2.63. The molecule has 2 aromatic carbocycles. The van der Waals surface area contributed by atoms with Crippen molar-refractivity contribution < 1.29 is 14.3 Å². The SMILES string of the molecule is COCCNC(=O)[C@@H]1c2ccccc2C(=O)N(c2ccccc2)C12CCCCC2. The summed E-state index contributed by atoms with van der Waals surface area (Å²) < 4.78 is 5.11. The quantitative estimate of drug-likeness (QED) is 0.785. The summed E-state index contributed by atoms with van der Waals surface area (Å²) in [4.78, 5) is 29.1. The number of amides is 2. The number of fused-ring (bicyclic) bond motifs is 1. The summed E-state index contributed by atoms with van der Waals surface area (Å²) in [6.07, 6.45) is 4.81. The standard InChI is InChI=1S/C24H28N2O3/c1-29-17-16-25-22(27)21-19-12-6-7-13-20(19)23(28)26(18-10-4-2-5-11-18)24(21)14-8-3-9-15-24/h2,4-7,10-13,21H,3,8-9,14-17H2,1H3,(H,25,27)/t21-/m0/s1. The minimum absolute atomic E-state index is 0.00496. The van der Waals surface area contributed by atoms with Crippen LogP contribution in [0.4, 0.5) is 5.69 Å². The van der Waals surface area contributed by atoms with E-state index in [0.717, 1.165) is 43.4 Å². The highest BCUT2D eigenvalue weighted by atomic mass is 16.5. The van der Waals surface area contributed by atoms with E-state index in [0.29, 0.717) is 18.7 Å². The van der Waals surface area contributed by atoms with E-state index < -0.39 is 11.5 Å². The van der Waals surface area contributed by atoms with Crippen LogP contribution >= 0.6 is 0 Å². The summed E-state index contributed by atoms with van der Waals surface area (Å²) in [5, 5.41) is 3.05. The van der Waals surface area contributed by atoms with Crippen LogP contribution in [0.25, 0.3) is 0 Å². The summed E-state index contributed by atoms with van der Waals surface area (Å²) in [5.74, 6) is -0.423. The number of hydrogen-bond acceptors (Lipinski definition) is 3. The van der Waals surface area contributed by atoms with Crippen LogP contribution in [-0.2, 0) is 9.53 Å². The maximum Gasteiger partial charge on any atom is 0.259 e. The van der Waals surface area contributed by atoms with Gasteiger partial charge in [0.15, 0.2) is 0 Å². The first-order valence-corrected chi connectivity index (χ1v) is 10.4. The molecule has 1 fully saturated rings. The molecule has 1 aliphatic carbocycles. The molecule has 0 saturated heterocycles. The molecule has 1 saturated carbocycles. The Labute approximate surface area is 172 Å². The van der Waals surface area contributed by atoms with Crippen molar-refractivity contribution in [3.63, 3.8) is 0 Å². The Balaban J connectivity index is 1.86. The van der Waals surface area contributed by atoms with Gasteiger partial charge in [-0.25, -0.2) is 0 Å². The molecule has 1 N–H and O–H groups in total. The van der Waals surface area contributed by atoms with Gasteiger partial charge in [-0.3, -0.25) is 9.59 Å². The van der Waals surface area contributed by atoms with Crippen LogP contribution in [-0.4, -0.2) is 37.6 Å². The fourth-order valence-corrected chi connectivity index (χ4v) is 5.08. The largest absolute Gasteiger partial charge is 0.383 e. The third kappa shape index (κ3) is 3.44. The molecule has 152 valence electrons. The van der Waals surface area contributed by atoms with Crippen LogP contribution in [0.15, 0.2) is 54.6 Å². The molecule has 5 nitrogen and oxygen atoms in total. The van der Waals surface area contributed by atoms with Gasteiger partial charge < -0.3 is 15.0 Å². The van der Waals surface area contributed by atoms with Gasteiger partial charge in [-0.1, -0.05) is 55.7 Å². The maximum atomic E-state index is 13.7. The lowest BCUT2D eigenvalue weighted by molar-refractivity contribution is -0.124. The minimum atomic E-state index is -0.539. The highest BCUT2D eigenvalue weighted by molar-refractivity contribution is 6.12. The van der Waals surface area contributed by atoms with Crippen LogP contribution in [0.5, 0.6) is 0 Å². The molecule has 29 heavy (non-hydrogen) atoms. The zero-order valence-corrected chi connectivity index (χ0v) is 16.9. The number of benzene rings is 2. The first kappa shape index (κ1) is 19.6. The predicted octanol–water partition coefficient (Wildman–Crippen LogP) is 3.90. The fraction of sp³-hybridized carbons (Fsp3) is 0.417. The van der Waals surface area contributed by atoms with Crippen molar-refractivity contribution in [2.24, 2.45) is 0 Å². The van der Waals surface area contributed by atoms with Crippen molar-refractivity contribution >= 4 is 17.5 Å². The van der Waals surface area contributed by atoms with E-state index in [2.05, 4.69) is 5.32 Å². The van der Waals surface area contributed by atoms with Crippen molar-refractivity contribution in [3.05, 3.63) is 65.7 Å². The predicted molar refractivity (Wildman–Crippen MR) is 113 cm³/mol. The Kier molecular flexibility index (Phi) is 5.67. The minimum Gasteiger partial charge on any atom is -0.383 e. The average Bonchev–Trinajstić information content (AvgIpc) is 2.75. The molecular formula is C24H28N2O3. The molecule has 5 heteroatoms. The van der Waals surface area contributed by atoms with Crippen molar-refractivity contribution in [2.75, 3.05) is 25.2 Å². The summed E-state index contributed by atoms with van der Waals surface area (Å²) in [5.41, 5.74) is 1.80. The van der Waals surface area contributed by atoms with E-state index in [1.54, 1.807) is 7.11 Å². The lowest BCUT2D eigenvalue weighted by atomic mass is 9.65. The van der Waals surface area contributed by atoms with Crippen LogP contribution < -0.4 is 10.2 Å². The molecule has 1 atom stereocenters.